The maximum atomic E-state index is 12.3. The van der Waals surface area contributed by atoms with Crippen LogP contribution in [0.2, 0.25) is 10.0 Å². The van der Waals surface area contributed by atoms with Gasteiger partial charge in [-0.15, -0.1) is 0 Å². The second kappa shape index (κ2) is 12.7. The van der Waals surface area contributed by atoms with Crippen molar-refractivity contribution in [3.8, 4) is 11.5 Å². The summed E-state index contributed by atoms with van der Waals surface area (Å²) in [6, 6.07) is 9.58. The number of hydrogen-bond acceptors (Lipinski definition) is 5. The molecule has 0 aliphatic heterocycles. The van der Waals surface area contributed by atoms with Crippen LogP contribution in [0.3, 0.4) is 0 Å². The zero-order valence-corrected chi connectivity index (χ0v) is 20.4. The van der Waals surface area contributed by atoms with Gasteiger partial charge in [0.05, 0.1) is 16.1 Å². The predicted molar refractivity (Wildman–Crippen MR) is 128 cm³/mol. The van der Waals surface area contributed by atoms with E-state index in [0.717, 1.165) is 12.8 Å². The first-order valence-electron chi connectivity index (χ1n) is 9.20. The number of hydrogen-bond donors (Lipinski definition) is 3. The van der Waals surface area contributed by atoms with Gasteiger partial charge in [0.2, 0.25) is 0 Å². The van der Waals surface area contributed by atoms with Gasteiger partial charge in [-0.1, -0.05) is 36.5 Å². The van der Waals surface area contributed by atoms with Gasteiger partial charge < -0.3 is 9.47 Å². The SMILES string of the molecule is CCCCOc1ccc(C(=O)NC(=S)NNC(=O)COc2ccc(Cl)cc2Cl)cc1Br. The molecule has 31 heavy (non-hydrogen) atoms. The number of carbonyl (C=O) groups is 2. The van der Waals surface area contributed by atoms with Gasteiger partial charge in [-0.25, -0.2) is 0 Å². The first-order chi connectivity index (χ1) is 14.8. The minimum atomic E-state index is -0.529. The molecule has 0 spiro atoms. The Kier molecular flexibility index (Phi) is 10.3. The van der Waals surface area contributed by atoms with Crippen molar-refractivity contribution in [3.63, 3.8) is 0 Å². The maximum Gasteiger partial charge on any atom is 0.276 e. The average Bonchev–Trinajstić information content (AvgIpc) is 2.72. The fourth-order valence-electron chi connectivity index (χ4n) is 2.19. The summed E-state index contributed by atoms with van der Waals surface area (Å²) in [5.41, 5.74) is 5.12. The van der Waals surface area contributed by atoms with E-state index in [1.807, 2.05) is 0 Å². The van der Waals surface area contributed by atoms with E-state index in [1.165, 1.54) is 6.07 Å². The minimum absolute atomic E-state index is 0.0812. The number of unbranched alkanes of at least 4 members (excludes halogenated alkanes) is 1. The lowest BCUT2D eigenvalue weighted by Crippen LogP contribution is -2.49. The summed E-state index contributed by atoms with van der Waals surface area (Å²) in [7, 11) is 0. The van der Waals surface area contributed by atoms with Crippen LogP contribution < -0.4 is 25.6 Å². The third kappa shape index (κ3) is 8.53. The van der Waals surface area contributed by atoms with E-state index in [9.17, 15) is 9.59 Å². The Morgan fingerprint density at radius 2 is 1.81 bits per heavy atom. The Morgan fingerprint density at radius 3 is 2.48 bits per heavy atom. The number of nitrogens with one attached hydrogen (secondary N) is 3. The van der Waals surface area contributed by atoms with Crippen LogP contribution in [-0.2, 0) is 4.79 Å². The highest BCUT2D eigenvalue weighted by molar-refractivity contribution is 9.10. The Labute approximate surface area is 203 Å². The first kappa shape index (κ1) is 25.2. The fraction of sp³-hybridized carbons (Fsp3) is 0.250. The highest BCUT2D eigenvalue weighted by Gasteiger charge is 2.12. The predicted octanol–water partition coefficient (Wildman–Crippen LogP) is 4.65. The van der Waals surface area contributed by atoms with Crippen molar-refractivity contribution in [3.05, 3.63) is 56.5 Å². The van der Waals surface area contributed by atoms with Crippen LogP contribution in [0, 0.1) is 0 Å². The van der Waals surface area contributed by atoms with E-state index in [4.69, 9.17) is 44.9 Å². The molecule has 166 valence electrons. The molecule has 2 rings (SSSR count). The van der Waals surface area contributed by atoms with Gasteiger partial charge in [-0.2, -0.15) is 0 Å². The number of benzene rings is 2. The van der Waals surface area contributed by atoms with Gasteiger partial charge in [0, 0.05) is 10.6 Å². The summed E-state index contributed by atoms with van der Waals surface area (Å²) in [6.07, 6.45) is 1.97. The quantitative estimate of drug-likeness (QED) is 0.253. The van der Waals surface area contributed by atoms with E-state index in [2.05, 4.69) is 39.0 Å². The molecule has 0 aliphatic rings. The molecule has 2 aromatic rings. The summed E-state index contributed by atoms with van der Waals surface area (Å²) in [5.74, 6) is -0.0146. The lowest BCUT2D eigenvalue weighted by atomic mass is 10.2. The van der Waals surface area contributed by atoms with Crippen molar-refractivity contribution >= 4 is 68.3 Å². The second-order valence-corrected chi connectivity index (χ2v) is 8.27. The lowest BCUT2D eigenvalue weighted by molar-refractivity contribution is -0.123. The second-order valence-electron chi connectivity index (χ2n) is 6.17. The molecule has 0 atom stereocenters. The van der Waals surface area contributed by atoms with Crippen molar-refractivity contribution < 1.29 is 19.1 Å². The standard InChI is InChI=1S/C20H20BrCl2N3O4S/c1-2-3-8-29-16-6-4-12(9-14(16)21)19(28)24-20(31)26-25-18(27)11-30-17-7-5-13(22)10-15(17)23/h4-7,9-10H,2-3,8,11H2,1H3,(H,25,27)(H2,24,26,28,31). The van der Waals surface area contributed by atoms with Crippen molar-refractivity contribution in [2.45, 2.75) is 19.8 Å². The van der Waals surface area contributed by atoms with Crippen LogP contribution in [0.4, 0.5) is 0 Å². The normalized spacial score (nSPS) is 10.2. The van der Waals surface area contributed by atoms with Gasteiger partial charge in [0.25, 0.3) is 11.8 Å². The molecule has 0 unspecified atom stereocenters. The van der Waals surface area contributed by atoms with Gasteiger partial charge in [-0.05, 0) is 71.0 Å². The molecule has 3 N–H and O–H groups in total. The van der Waals surface area contributed by atoms with E-state index in [0.29, 0.717) is 33.2 Å². The molecule has 2 aromatic carbocycles. The number of thiocarbonyl (C=S) groups is 1. The third-order valence-corrected chi connectivity index (χ3v) is 5.10. The van der Waals surface area contributed by atoms with Crippen LogP contribution in [0.25, 0.3) is 0 Å². The Morgan fingerprint density at radius 1 is 1.06 bits per heavy atom. The summed E-state index contributed by atoms with van der Waals surface area (Å²) in [4.78, 5) is 24.2. The van der Waals surface area contributed by atoms with E-state index >= 15 is 0 Å². The Bertz CT molecular complexity index is 962. The maximum absolute atomic E-state index is 12.3. The van der Waals surface area contributed by atoms with Crippen molar-refractivity contribution in [2.75, 3.05) is 13.2 Å². The Hall–Kier alpha value is -2.07. The lowest BCUT2D eigenvalue weighted by Gasteiger charge is -2.13. The molecule has 11 heteroatoms. The molecule has 0 radical (unpaired) electrons. The Balaban J connectivity index is 1.77. The van der Waals surface area contributed by atoms with Crippen LogP contribution in [-0.4, -0.2) is 30.1 Å². The van der Waals surface area contributed by atoms with Crippen LogP contribution in [0.15, 0.2) is 40.9 Å². The molecule has 0 bridgehead atoms. The largest absolute Gasteiger partial charge is 0.492 e. The number of halogens is 3. The van der Waals surface area contributed by atoms with Crippen LogP contribution in [0.5, 0.6) is 11.5 Å². The minimum Gasteiger partial charge on any atom is -0.492 e. The molecule has 0 saturated carbocycles. The van der Waals surface area contributed by atoms with Crippen molar-refractivity contribution in [1.82, 2.24) is 16.2 Å². The summed E-state index contributed by atoms with van der Waals surface area (Å²) in [6.45, 7) is 2.35. The molecule has 0 saturated heterocycles. The van der Waals surface area contributed by atoms with Gasteiger partial charge in [0.1, 0.15) is 11.5 Å². The van der Waals surface area contributed by atoms with E-state index < -0.39 is 11.8 Å². The van der Waals surface area contributed by atoms with Crippen molar-refractivity contribution in [2.24, 2.45) is 0 Å². The highest BCUT2D eigenvalue weighted by atomic mass is 79.9. The molecule has 0 heterocycles. The first-order valence-corrected chi connectivity index (χ1v) is 11.2. The van der Waals surface area contributed by atoms with E-state index in [1.54, 1.807) is 30.3 Å². The summed E-state index contributed by atoms with van der Waals surface area (Å²) < 4.78 is 11.6. The monoisotopic (exact) mass is 547 g/mol. The summed E-state index contributed by atoms with van der Waals surface area (Å²) >= 11 is 20.2. The smallest absolute Gasteiger partial charge is 0.276 e. The molecular weight excluding hydrogens is 529 g/mol. The highest BCUT2D eigenvalue weighted by Crippen LogP contribution is 2.27. The molecule has 2 amide bonds. The molecule has 0 fully saturated rings. The average molecular weight is 549 g/mol. The zero-order chi connectivity index (χ0) is 22.8. The third-order valence-electron chi connectivity index (χ3n) is 3.74. The van der Waals surface area contributed by atoms with Gasteiger partial charge in [-0.3, -0.25) is 25.8 Å². The zero-order valence-electron chi connectivity index (χ0n) is 16.5. The molecule has 7 nitrogen and oxygen atoms in total. The number of carbonyl (C=O) groups excluding carboxylic acids is 2. The van der Waals surface area contributed by atoms with E-state index in [-0.39, 0.29) is 16.7 Å². The number of amides is 2. The van der Waals surface area contributed by atoms with Gasteiger partial charge >= 0.3 is 0 Å². The molecular formula is C20H20BrCl2N3O4S. The van der Waals surface area contributed by atoms with Crippen LogP contribution >= 0.6 is 51.3 Å². The molecule has 0 aromatic heterocycles. The number of hydrazine groups is 1. The summed E-state index contributed by atoms with van der Waals surface area (Å²) in [5, 5.41) is 3.12. The van der Waals surface area contributed by atoms with Gasteiger partial charge in [0.15, 0.2) is 11.7 Å². The van der Waals surface area contributed by atoms with Crippen molar-refractivity contribution in [1.29, 1.82) is 0 Å². The van der Waals surface area contributed by atoms with Crippen LogP contribution in [0.1, 0.15) is 30.1 Å². The number of ether oxygens (including phenoxy) is 2. The topological polar surface area (TPSA) is 88.7 Å². The number of rotatable bonds is 8. The fourth-order valence-corrected chi connectivity index (χ4v) is 3.29. The molecule has 0 aliphatic carbocycles.